The van der Waals surface area contributed by atoms with Crippen LogP contribution in [-0.2, 0) is 32.3 Å². The molecule has 3 aromatic rings. The van der Waals surface area contributed by atoms with E-state index in [0.29, 0.717) is 37.7 Å². The highest BCUT2D eigenvalue weighted by Gasteiger charge is 2.60. The molecule has 11 nitrogen and oxygen atoms in total. The molecule has 1 spiro atoms. The van der Waals surface area contributed by atoms with Gasteiger partial charge < -0.3 is 25.2 Å². The van der Waals surface area contributed by atoms with Gasteiger partial charge in [0.2, 0.25) is 17.7 Å². The highest BCUT2D eigenvalue weighted by Crippen LogP contribution is 2.49. The third-order valence-electron chi connectivity index (χ3n) is 10.5. The third kappa shape index (κ3) is 7.72. The van der Waals surface area contributed by atoms with E-state index >= 15 is 0 Å². The van der Waals surface area contributed by atoms with Gasteiger partial charge in [0.1, 0.15) is 6.04 Å². The summed E-state index contributed by atoms with van der Waals surface area (Å²) in [6.45, 7) is 6.08. The molecule has 6 rings (SSSR count). The maximum atomic E-state index is 14.2. The van der Waals surface area contributed by atoms with E-state index in [4.69, 9.17) is 4.74 Å². The Morgan fingerprint density at radius 1 is 0.980 bits per heavy atom. The number of benzene rings is 2. The quantitative estimate of drug-likeness (QED) is 0.271. The van der Waals surface area contributed by atoms with Crippen molar-refractivity contribution >= 4 is 23.6 Å². The molecule has 5 atom stereocenters. The summed E-state index contributed by atoms with van der Waals surface area (Å²) in [6.07, 6.45) is 6.93. The van der Waals surface area contributed by atoms with E-state index in [2.05, 4.69) is 22.7 Å². The van der Waals surface area contributed by atoms with Gasteiger partial charge in [0.05, 0.1) is 36.9 Å². The largest absolute Gasteiger partial charge is 0.371 e. The molecule has 3 aliphatic rings. The van der Waals surface area contributed by atoms with E-state index in [-0.39, 0.29) is 42.7 Å². The zero-order chi connectivity index (χ0) is 34.5. The minimum Gasteiger partial charge on any atom is -0.371 e. The molecule has 49 heavy (non-hydrogen) atoms. The van der Waals surface area contributed by atoms with Crippen molar-refractivity contribution in [1.82, 2.24) is 30.2 Å². The molecule has 0 bridgehead atoms. The van der Waals surface area contributed by atoms with Crippen molar-refractivity contribution in [2.45, 2.75) is 64.8 Å². The number of carbonyl (C=O) groups is 4. The lowest BCUT2D eigenvalue weighted by atomic mass is 9.70. The number of rotatable bonds is 14. The molecule has 1 aromatic heterocycles. The number of aromatic nitrogens is 2. The summed E-state index contributed by atoms with van der Waals surface area (Å²) in [4.78, 5) is 58.1. The van der Waals surface area contributed by atoms with Crippen molar-refractivity contribution in [1.29, 1.82) is 0 Å². The molecule has 2 aliphatic heterocycles. The molecule has 2 unspecified atom stereocenters. The van der Waals surface area contributed by atoms with Gasteiger partial charge in [-0.1, -0.05) is 80.4 Å². The summed E-state index contributed by atoms with van der Waals surface area (Å²) in [5.41, 5.74) is 1.87. The second kappa shape index (κ2) is 14.9. The van der Waals surface area contributed by atoms with E-state index in [1.165, 1.54) is 7.05 Å². The minimum absolute atomic E-state index is 0.0611. The third-order valence-corrected chi connectivity index (χ3v) is 10.5. The second-order valence-electron chi connectivity index (χ2n) is 14.1. The van der Waals surface area contributed by atoms with Gasteiger partial charge in [0, 0.05) is 50.8 Å². The maximum absolute atomic E-state index is 14.2. The number of hydrogen-bond acceptors (Lipinski definition) is 6. The van der Waals surface area contributed by atoms with Crippen LogP contribution in [0.15, 0.2) is 73.1 Å². The Kier molecular flexibility index (Phi) is 10.5. The van der Waals surface area contributed by atoms with Crippen LogP contribution in [0.1, 0.15) is 61.0 Å². The van der Waals surface area contributed by atoms with Crippen molar-refractivity contribution in [3.8, 4) is 0 Å². The Morgan fingerprint density at radius 3 is 2.33 bits per heavy atom. The highest BCUT2D eigenvalue weighted by atomic mass is 16.5. The summed E-state index contributed by atoms with van der Waals surface area (Å²) >= 11 is 0. The normalized spacial score (nSPS) is 21.9. The summed E-state index contributed by atoms with van der Waals surface area (Å²) in [7, 11) is 1.53. The van der Waals surface area contributed by atoms with Gasteiger partial charge in [-0.15, -0.1) is 0 Å². The topological polar surface area (TPSA) is 126 Å². The monoisotopic (exact) mass is 668 g/mol. The van der Waals surface area contributed by atoms with Crippen LogP contribution in [0.5, 0.6) is 0 Å². The SMILES string of the molecule is CCCCC1CC1C(=O)N1CC2(CN(C(=O)c3cnn(Cc4ccccc4)c3)C[C@H]2C(=O)N[C@H](C(=O)NC)[C@@H](C)OCc2ccccc2)C1. The van der Waals surface area contributed by atoms with Crippen LogP contribution in [0.25, 0.3) is 0 Å². The second-order valence-corrected chi connectivity index (χ2v) is 14.1. The summed E-state index contributed by atoms with van der Waals surface area (Å²) in [6, 6.07) is 18.6. The first-order chi connectivity index (χ1) is 23.7. The first-order valence-electron chi connectivity index (χ1n) is 17.5. The number of likely N-dealkylation sites (N-methyl/N-ethyl adjacent to an activating group) is 1. The predicted octanol–water partition coefficient (Wildman–Crippen LogP) is 3.49. The van der Waals surface area contributed by atoms with Gasteiger partial charge in [-0.05, 0) is 36.8 Å². The number of ether oxygens (including phenoxy) is 1. The fourth-order valence-electron chi connectivity index (χ4n) is 7.46. The Labute approximate surface area is 288 Å². The molecule has 0 radical (unpaired) electrons. The lowest BCUT2D eigenvalue weighted by Gasteiger charge is -2.50. The number of amides is 4. The fraction of sp³-hybridized carbons (Fsp3) is 0.500. The Hall–Kier alpha value is -4.51. The number of nitrogens with one attached hydrogen (secondary N) is 2. The number of hydrogen-bond donors (Lipinski definition) is 2. The Bertz CT molecular complexity index is 1620. The predicted molar refractivity (Wildman–Crippen MR) is 184 cm³/mol. The molecule has 11 heteroatoms. The molecule has 3 fully saturated rings. The van der Waals surface area contributed by atoms with Crippen LogP contribution in [0, 0.1) is 23.2 Å². The molecule has 2 saturated heterocycles. The van der Waals surface area contributed by atoms with E-state index in [1.807, 2.05) is 65.6 Å². The molecule has 1 aliphatic carbocycles. The van der Waals surface area contributed by atoms with Gasteiger partial charge in [-0.25, -0.2) is 0 Å². The Balaban J connectivity index is 1.16. The van der Waals surface area contributed by atoms with Gasteiger partial charge in [-0.3, -0.25) is 23.9 Å². The molecule has 3 heterocycles. The summed E-state index contributed by atoms with van der Waals surface area (Å²) in [5.74, 6) is -0.834. The standard InChI is InChI=1S/C38H48N6O5/c1-4-5-16-29-17-31(29)37(48)43-24-38(25-43)23-42(36(47)30-18-40-44(20-30)19-27-12-8-6-9-13-27)21-32(38)34(45)41-33(35(46)39-3)26(2)49-22-28-14-10-7-11-15-28/h6-15,18,20,26,29,31-33H,4-5,16-17,19,21-25H2,1-3H3,(H,39,46)(H,41,45)/t26-,29?,31?,32+,33+/m1/s1. The molecular weight excluding hydrogens is 620 g/mol. The van der Waals surface area contributed by atoms with E-state index < -0.39 is 23.5 Å². The van der Waals surface area contributed by atoms with E-state index in [1.54, 1.807) is 28.9 Å². The van der Waals surface area contributed by atoms with Crippen molar-refractivity contribution in [2.24, 2.45) is 23.2 Å². The highest BCUT2D eigenvalue weighted by molar-refractivity contribution is 5.95. The van der Waals surface area contributed by atoms with Crippen molar-refractivity contribution in [3.63, 3.8) is 0 Å². The zero-order valence-corrected chi connectivity index (χ0v) is 28.7. The van der Waals surface area contributed by atoms with Crippen LogP contribution in [-0.4, -0.2) is 88.6 Å². The zero-order valence-electron chi connectivity index (χ0n) is 28.7. The number of unbranched alkanes of at least 4 members (excludes halogenated alkanes) is 1. The lowest BCUT2D eigenvalue weighted by molar-refractivity contribution is -0.152. The van der Waals surface area contributed by atoms with Gasteiger partial charge in [-0.2, -0.15) is 5.10 Å². The maximum Gasteiger partial charge on any atom is 0.257 e. The fourth-order valence-corrected chi connectivity index (χ4v) is 7.46. The smallest absolute Gasteiger partial charge is 0.257 e. The van der Waals surface area contributed by atoms with Gasteiger partial charge in [0.15, 0.2) is 0 Å². The lowest BCUT2D eigenvalue weighted by Crippen LogP contribution is -2.65. The minimum atomic E-state index is -0.942. The summed E-state index contributed by atoms with van der Waals surface area (Å²) < 4.78 is 7.78. The van der Waals surface area contributed by atoms with Crippen LogP contribution in [0.3, 0.4) is 0 Å². The van der Waals surface area contributed by atoms with Crippen molar-refractivity contribution in [2.75, 3.05) is 33.2 Å². The molecule has 260 valence electrons. The molecule has 1 saturated carbocycles. The van der Waals surface area contributed by atoms with Crippen molar-refractivity contribution < 1.29 is 23.9 Å². The average Bonchev–Trinajstić information content (AvgIpc) is 3.53. The number of carbonyl (C=O) groups excluding carboxylic acids is 4. The first-order valence-corrected chi connectivity index (χ1v) is 17.5. The van der Waals surface area contributed by atoms with Crippen LogP contribution >= 0.6 is 0 Å². The van der Waals surface area contributed by atoms with Gasteiger partial charge in [0.25, 0.3) is 5.91 Å². The first kappa shape index (κ1) is 34.4. The van der Waals surface area contributed by atoms with E-state index in [0.717, 1.165) is 36.8 Å². The van der Waals surface area contributed by atoms with E-state index in [9.17, 15) is 19.2 Å². The van der Waals surface area contributed by atoms with Crippen LogP contribution < -0.4 is 10.6 Å². The molecule has 2 aromatic carbocycles. The summed E-state index contributed by atoms with van der Waals surface area (Å²) in [5, 5.41) is 10.1. The molecular formula is C38H48N6O5. The van der Waals surface area contributed by atoms with Crippen LogP contribution in [0.2, 0.25) is 0 Å². The molecule has 2 N–H and O–H groups in total. The Morgan fingerprint density at radius 2 is 1.65 bits per heavy atom. The van der Waals surface area contributed by atoms with Crippen LogP contribution in [0.4, 0.5) is 0 Å². The number of likely N-dealkylation sites (tertiary alicyclic amines) is 2. The number of nitrogens with zero attached hydrogens (tertiary/aromatic N) is 4. The van der Waals surface area contributed by atoms with Crippen molar-refractivity contribution in [3.05, 3.63) is 89.7 Å². The average molecular weight is 669 g/mol. The molecule has 4 amide bonds. The van der Waals surface area contributed by atoms with Gasteiger partial charge >= 0.3 is 0 Å².